The van der Waals surface area contributed by atoms with Crippen molar-refractivity contribution in [1.82, 2.24) is 0 Å². The van der Waals surface area contributed by atoms with Crippen molar-refractivity contribution in [1.29, 1.82) is 0 Å². The zero-order valence-electron chi connectivity index (χ0n) is 3.61. The van der Waals surface area contributed by atoms with E-state index in [1.54, 1.807) is 0 Å². The van der Waals surface area contributed by atoms with Crippen molar-refractivity contribution in [3.63, 3.8) is 0 Å². The van der Waals surface area contributed by atoms with Gasteiger partial charge in [0.15, 0.2) is 0 Å². The summed E-state index contributed by atoms with van der Waals surface area (Å²) in [6, 6.07) is 0. The van der Waals surface area contributed by atoms with E-state index in [4.69, 9.17) is 17.9 Å². The van der Waals surface area contributed by atoms with Crippen LogP contribution in [0.4, 0.5) is 0 Å². The molecule has 3 heteroatoms. The third kappa shape index (κ3) is 2.34. The van der Waals surface area contributed by atoms with E-state index in [1.165, 1.54) is 0 Å². The van der Waals surface area contributed by atoms with Gasteiger partial charge in [0.05, 0.1) is 0 Å². The normalized spacial score (nSPS) is 12.0. The van der Waals surface area contributed by atoms with E-state index in [1.807, 2.05) is 22.6 Å². The molecule has 0 heterocycles. The topological polar surface area (TPSA) is 52.0 Å². The second-order valence-corrected chi connectivity index (χ2v) is 2.07. The van der Waals surface area contributed by atoms with Crippen LogP contribution in [0.5, 0.6) is 0 Å². The number of rotatable bonds is 0. The van der Waals surface area contributed by atoms with Gasteiger partial charge in [0.25, 0.3) is 0 Å². The van der Waals surface area contributed by atoms with Gasteiger partial charge in [-0.05, 0) is 22.6 Å². The molecule has 0 bridgehead atoms. The van der Waals surface area contributed by atoms with Crippen LogP contribution in [0, 0.1) is 12.3 Å². The van der Waals surface area contributed by atoms with Crippen LogP contribution < -0.4 is 11.5 Å². The SMILES string of the molecule is C#C/C(N)=C(/N)I. The lowest BCUT2D eigenvalue weighted by atomic mass is 10.5. The van der Waals surface area contributed by atoms with Crippen molar-refractivity contribution in [3.05, 3.63) is 9.40 Å². The Morgan fingerprint density at radius 2 is 2.00 bits per heavy atom. The van der Waals surface area contributed by atoms with E-state index in [2.05, 4.69) is 5.92 Å². The molecular weight excluding hydrogens is 203 g/mol. The molecule has 0 aromatic rings. The molecule has 0 saturated carbocycles. The fourth-order valence-corrected chi connectivity index (χ4v) is 0.225. The van der Waals surface area contributed by atoms with Crippen LogP contribution >= 0.6 is 22.6 Å². The van der Waals surface area contributed by atoms with Gasteiger partial charge >= 0.3 is 0 Å². The molecule has 0 saturated heterocycles. The average Bonchev–Trinajstić information content (AvgIpc) is 1.65. The number of hydrogen-bond donors (Lipinski definition) is 2. The highest BCUT2D eigenvalue weighted by atomic mass is 127. The van der Waals surface area contributed by atoms with Crippen molar-refractivity contribution in [2.24, 2.45) is 11.5 Å². The minimum absolute atomic E-state index is 0.306. The van der Waals surface area contributed by atoms with Crippen LogP contribution in [-0.2, 0) is 0 Å². The Morgan fingerprint density at radius 3 is 2.00 bits per heavy atom. The van der Waals surface area contributed by atoms with Gasteiger partial charge in [0, 0.05) is 0 Å². The van der Waals surface area contributed by atoms with Crippen molar-refractivity contribution in [2.75, 3.05) is 0 Å². The zero-order valence-corrected chi connectivity index (χ0v) is 5.77. The van der Waals surface area contributed by atoms with Crippen LogP contribution in [0.3, 0.4) is 0 Å². The van der Waals surface area contributed by atoms with E-state index in [0.29, 0.717) is 9.40 Å². The molecule has 0 unspecified atom stereocenters. The highest BCUT2D eigenvalue weighted by Crippen LogP contribution is 1.97. The summed E-state index contributed by atoms with van der Waals surface area (Å²) in [6.07, 6.45) is 4.86. The molecule has 0 aliphatic carbocycles. The quantitative estimate of drug-likeness (QED) is 0.338. The Kier molecular flexibility index (Phi) is 2.60. The first kappa shape index (κ1) is 6.63. The fourth-order valence-electron chi connectivity index (χ4n) is 0.0689. The third-order valence-electron chi connectivity index (χ3n) is 0.413. The van der Waals surface area contributed by atoms with Gasteiger partial charge in [-0.1, -0.05) is 5.92 Å². The van der Waals surface area contributed by atoms with Crippen LogP contribution in [0.1, 0.15) is 0 Å². The molecule has 0 fully saturated rings. The van der Waals surface area contributed by atoms with Gasteiger partial charge in [-0.2, -0.15) is 0 Å². The molecule has 0 atom stereocenters. The lowest BCUT2D eigenvalue weighted by Crippen LogP contribution is -2.01. The van der Waals surface area contributed by atoms with Gasteiger partial charge in [0.1, 0.15) is 9.40 Å². The number of hydrogen-bond acceptors (Lipinski definition) is 2. The molecular formula is C4H5IN2. The Balaban J connectivity index is 4.07. The molecule has 0 aliphatic heterocycles. The van der Waals surface area contributed by atoms with Crippen molar-refractivity contribution < 1.29 is 0 Å². The van der Waals surface area contributed by atoms with E-state index < -0.39 is 0 Å². The summed E-state index contributed by atoms with van der Waals surface area (Å²) in [5.41, 5.74) is 10.6. The van der Waals surface area contributed by atoms with Gasteiger partial charge in [-0.3, -0.25) is 0 Å². The molecule has 0 aromatic carbocycles. The predicted octanol–water partition coefficient (Wildman–Crippen LogP) is 0.141. The molecule has 2 nitrogen and oxygen atoms in total. The lowest BCUT2D eigenvalue weighted by Gasteiger charge is -1.86. The van der Waals surface area contributed by atoms with Crippen LogP contribution in [0.25, 0.3) is 0 Å². The summed E-state index contributed by atoms with van der Waals surface area (Å²) in [5.74, 6) is 2.19. The molecule has 0 aliphatic rings. The zero-order chi connectivity index (χ0) is 5.86. The molecule has 7 heavy (non-hydrogen) atoms. The first-order valence-electron chi connectivity index (χ1n) is 1.56. The summed E-state index contributed by atoms with van der Waals surface area (Å²) in [5, 5.41) is 0. The van der Waals surface area contributed by atoms with Crippen molar-refractivity contribution >= 4 is 22.6 Å². The summed E-state index contributed by atoms with van der Waals surface area (Å²) in [6.45, 7) is 0. The smallest absolute Gasteiger partial charge is 0.112 e. The molecule has 0 amide bonds. The van der Waals surface area contributed by atoms with Crippen molar-refractivity contribution in [3.8, 4) is 12.3 Å². The van der Waals surface area contributed by atoms with Crippen molar-refractivity contribution in [2.45, 2.75) is 0 Å². The van der Waals surface area contributed by atoms with E-state index in [0.717, 1.165) is 0 Å². The predicted molar refractivity (Wildman–Crippen MR) is 38.3 cm³/mol. The Labute approximate surface area is 56.1 Å². The third-order valence-corrected chi connectivity index (χ3v) is 0.994. The number of terminal acetylenes is 1. The van der Waals surface area contributed by atoms with E-state index in [-0.39, 0.29) is 0 Å². The molecule has 0 radical (unpaired) electrons. The monoisotopic (exact) mass is 208 g/mol. The van der Waals surface area contributed by atoms with E-state index >= 15 is 0 Å². The van der Waals surface area contributed by atoms with Crippen LogP contribution in [0.2, 0.25) is 0 Å². The van der Waals surface area contributed by atoms with Gasteiger partial charge in [0.2, 0.25) is 0 Å². The van der Waals surface area contributed by atoms with Gasteiger partial charge < -0.3 is 11.5 Å². The second kappa shape index (κ2) is 2.75. The molecule has 0 spiro atoms. The minimum Gasteiger partial charge on any atom is -0.392 e. The highest BCUT2D eigenvalue weighted by molar-refractivity contribution is 14.1. The maximum atomic E-state index is 5.15. The maximum absolute atomic E-state index is 5.15. The van der Waals surface area contributed by atoms with Crippen LogP contribution in [-0.4, -0.2) is 0 Å². The number of halogens is 1. The second-order valence-electron chi connectivity index (χ2n) is 0.906. The first-order chi connectivity index (χ1) is 3.18. The largest absolute Gasteiger partial charge is 0.392 e. The Bertz CT molecular complexity index is 127. The van der Waals surface area contributed by atoms with Gasteiger partial charge in [-0.15, -0.1) is 6.42 Å². The summed E-state index contributed by atoms with van der Waals surface area (Å²) >= 11 is 1.86. The maximum Gasteiger partial charge on any atom is 0.112 e. The number of nitrogens with two attached hydrogens (primary N) is 2. The van der Waals surface area contributed by atoms with Gasteiger partial charge in [-0.25, -0.2) is 0 Å². The fraction of sp³-hybridized carbons (Fsp3) is 0. The standard InChI is InChI=1S/C4H5IN2/c1-2-3(6)4(5)7/h1H,6-7H2/b4-3-. The summed E-state index contributed by atoms with van der Waals surface area (Å²) in [7, 11) is 0. The number of allylic oxidation sites excluding steroid dienone is 1. The minimum atomic E-state index is 0.306. The highest BCUT2D eigenvalue weighted by Gasteiger charge is 1.83. The molecule has 0 aromatic heterocycles. The van der Waals surface area contributed by atoms with Crippen LogP contribution in [0.15, 0.2) is 9.40 Å². The van der Waals surface area contributed by atoms with E-state index in [9.17, 15) is 0 Å². The Morgan fingerprint density at radius 1 is 1.57 bits per heavy atom. The molecule has 0 rings (SSSR count). The Hall–Kier alpha value is -0.370. The molecule has 38 valence electrons. The average molecular weight is 208 g/mol. The molecule has 4 N–H and O–H groups in total. The summed E-state index contributed by atoms with van der Waals surface area (Å²) in [4.78, 5) is 0. The summed E-state index contributed by atoms with van der Waals surface area (Å²) < 4.78 is 0.472. The lowest BCUT2D eigenvalue weighted by molar-refractivity contribution is 1.39. The first-order valence-corrected chi connectivity index (χ1v) is 2.63.